The predicted octanol–water partition coefficient (Wildman–Crippen LogP) is 3.89. The van der Waals surface area contributed by atoms with E-state index in [1.54, 1.807) is 24.3 Å². The average molecular weight is 344 g/mol. The molecule has 0 N–H and O–H groups in total. The number of hydrazone groups is 1. The smallest absolute Gasteiger partial charge is 0.240 e. The maximum Gasteiger partial charge on any atom is 0.240 e. The fraction of sp³-hybridized carbons (Fsp3) is 0.238. The van der Waals surface area contributed by atoms with Gasteiger partial charge in [-0.3, -0.25) is 14.8 Å². The van der Waals surface area contributed by atoms with Crippen molar-refractivity contribution < 1.29 is 4.79 Å². The lowest BCUT2D eigenvalue weighted by Crippen LogP contribution is -2.24. The fourth-order valence-electron chi connectivity index (χ4n) is 3.36. The third-order valence-electron chi connectivity index (χ3n) is 4.81. The van der Waals surface area contributed by atoms with Crippen LogP contribution in [0.1, 0.15) is 43.0 Å². The summed E-state index contributed by atoms with van der Waals surface area (Å²) >= 11 is 0. The van der Waals surface area contributed by atoms with Crippen molar-refractivity contribution in [2.24, 2.45) is 5.10 Å². The Labute approximate surface area is 152 Å². The monoisotopic (exact) mass is 344 g/mol. The van der Waals surface area contributed by atoms with Gasteiger partial charge >= 0.3 is 0 Å². The number of aromatic nitrogens is 2. The Kier molecular flexibility index (Phi) is 4.21. The highest BCUT2D eigenvalue weighted by Gasteiger charge is 2.31. The molecule has 0 radical (unpaired) electrons. The number of hydrogen-bond acceptors (Lipinski definition) is 4. The Balaban J connectivity index is 1.68. The van der Waals surface area contributed by atoms with Crippen molar-refractivity contribution in [3.8, 4) is 0 Å². The summed E-state index contributed by atoms with van der Waals surface area (Å²) in [4.78, 5) is 20.8. The van der Waals surface area contributed by atoms with E-state index in [9.17, 15) is 4.79 Å². The van der Waals surface area contributed by atoms with E-state index < -0.39 is 0 Å². The van der Waals surface area contributed by atoms with E-state index >= 15 is 0 Å². The molecule has 0 bridgehead atoms. The number of hydrogen-bond donors (Lipinski definition) is 0. The zero-order chi connectivity index (χ0) is 18.1. The van der Waals surface area contributed by atoms with Crippen molar-refractivity contribution in [3.63, 3.8) is 0 Å². The Morgan fingerprint density at radius 1 is 1.08 bits per heavy atom. The van der Waals surface area contributed by atoms with Gasteiger partial charge in [-0.25, -0.2) is 5.01 Å². The quantitative estimate of drug-likeness (QED) is 0.724. The number of amides is 1. The van der Waals surface area contributed by atoms with Crippen LogP contribution in [-0.4, -0.2) is 26.6 Å². The third kappa shape index (κ3) is 2.96. The number of benzene rings is 2. The zero-order valence-electron chi connectivity index (χ0n) is 14.9. The second-order valence-corrected chi connectivity index (χ2v) is 6.49. The van der Waals surface area contributed by atoms with Gasteiger partial charge in [0.1, 0.15) is 0 Å². The van der Waals surface area contributed by atoms with Gasteiger partial charge in [0.15, 0.2) is 0 Å². The number of nitrogens with zero attached hydrogens (tertiary/aromatic N) is 4. The molecule has 5 nitrogen and oxygen atoms in total. The van der Waals surface area contributed by atoms with Crippen LogP contribution >= 0.6 is 0 Å². The molecule has 2 heterocycles. The molecule has 1 amide bonds. The lowest BCUT2D eigenvalue weighted by atomic mass is 9.97. The Morgan fingerprint density at radius 2 is 1.81 bits per heavy atom. The molecule has 0 saturated heterocycles. The third-order valence-corrected chi connectivity index (χ3v) is 4.81. The van der Waals surface area contributed by atoms with Crippen molar-refractivity contribution in [3.05, 3.63) is 71.5 Å². The molecule has 0 spiro atoms. The van der Waals surface area contributed by atoms with E-state index in [1.807, 2.05) is 18.2 Å². The Morgan fingerprint density at radius 3 is 2.50 bits per heavy atom. The molecule has 0 fully saturated rings. The van der Waals surface area contributed by atoms with Crippen LogP contribution in [0.25, 0.3) is 11.0 Å². The molecule has 1 aromatic heterocycles. The maximum atomic E-state index is 12.2. The minimum atomic E-state index is -0.111. The van der Waals surface area contributed by atoms with Gasteiger partial charge in [0.05, 0.1) is 22.8 Å². The van der Waals surface area contributed by atoms with E-state index in [0.717, 1.165) is 34.3 Å². The van der Waals surface area contributed by atoms with Crippen LogP contribution in [0.15, 0.2) is 60.0 Å². The van der Waals surface area contributed by atoms with Gasteiger partial charge in [-0.2, -0.15) is 5.10 Å². The molecule has 26 heavy (non-hydrogen) atoms. The van der Waals surface area contributed by atoms with Crippen LogP contribution in [-0.2, 0) is 11.2 Å². The zero-order valence-corrected chi connectivity index (χ0v) is 14.9. The van der Waals surface area contributed by atoms with Crippen LogP contribution in [0.4, 0.5) is 0 Å². The first kappa shape index (κ1) is 16.4. The highest BCUT2D eigenvalue weighted by Crippen LogP contribution is 2.33. The molecule has 3 aromatic rings. The van der Waals surface area contributed by atoms with Gasteiger partial charge < -0.3 is 0 Å². The van der Waals surface area contributed by atoms with Crippen molar-refractivity contribution in [2.45, 2.75) is 32.7 Å². The molecule has 0 aliphatic carbocycles. The number of carbonyl (C=O) groups excluding carboxylic acids is 1. The molecule has 1 unspecified atom stereocenters. The predicted molar refractivity (Wildman–Crippen MR) is 102 cm³/mol. The molecular weight excluding hydrogens is 324 g/mol. The standard InChI is InChI=1S/C21H20N4O/c1-3-15-4-6-16(7-5-15)19-13-21(25(24-19)14(2)26)17-8-9-18-20(12-17)23-11-10-22-18/h4-12,21H,3,13H2,1-2H3. The molecule has 2 aromatic carbocycles. The van der Waals surface area contributed by atoms with Gasteiger partial charge in [-0.05, 0) is 35.2 Å². The molecular formula is C21H20N4O. The normalized spacial score (nSPS) is 16.8. The number of rotatable bonds is 3. The molecule has 4 rings (SSSR count). The molecule has 130 valence electrons. The van der Waals surface area contributed by atoms with Crippen LogP contribution in [0.5, 0.6) is 0 Å². The summed E-state index contributed by atoms with van der Waals surface area (Å²) < 4.78 is 0. The first-order chi connectivity index (χ1) is 12.7. The lowest BCUT2D eigenvalue weighted by molar-refractivity contribution is -0.130. The second kappa shape index (κ2) is 6.67. The van der Waals surface area contributed by atoms with Crippen molar-refractivity contribution >= 4 is 22.7 Å². The van der Waals surface area contributed by atoms with Crippen molar-refractivity contribution in [1.29, 1.82) is 0 Å². The topological polar surface area (TPSA) is 58.5 Å². The largest absolute Gasteiger partial charge is 0.273 e. The number of aryl methyl sites for hydroxylation is 1. The van der Waals surface area contributed by atoms with Crippen LogP contribution in [0.3, 0.4) is 0 Å². The summed E-state index contributed by atoms with van der Waals surface area (Å²) in [5.74, 6) is -0.0607. The highest BCUT2D eigenvalue weighted by atomic mass is 16.2. The van der Waals surface area contributed by atoms with E-state index in [2.05, 4.69) is 46.3 Å². The molecule has 0 saturated carbocycles. The minimum Gasteiger partial charge on any atom is -0.273 e. The Bertz CT molecular complexity index is 994. The fourth-order valence-corrected chi connectivity index (χ4v) is 3.36. The second-order valence-electron chi connectivity index (χ2n) is 6.49. The maximum absolute atomic E-state index is 12.2. The first-order valence-electron chi connectivity index (χ1n) is 8.83. The van der Waals surface area contributed by atoms with E-state index in [-0.39, 0.29) is 11.9 Å². The van der Waals surface area contributed by atoms with Crippen LogP contribution in [0.2, 0.25) is 0 Å². The number of carbonyl (C=O) groups is 1. The Hall–Kier alpha value is -3.08. The van der Waals surface area contributed by atoms with Gasteiger partial charge in [0.2, 0.25) is 5.91 Å². The van der Waals surface area contributed by atoms with Crippen molar-refractivity contribution in [1.82, 2.24) is 15.0 Å². The molecule has 1 aliphatic rings. The van der Waals surface area contributed by atoms with Gasteiger partial charge in [0.25, 0.3) is 0 Å². The summed E-state index contributed by atoms with van der Waals surface area (Å²) in [5.41, 5.74) is 6.00. The summed E-state index contributed by atoms with van der Waals surface area (Å²) in [5, 5.41) is 6.20. The molecule has 1 aliphatic heterocycles. The molecule has 5 heteroatoms. The van der Waals surface area contributed by atoms with Gasteiger partial charge in [0, 0.05) is 25.7 Å². The molecule has 1 atom stereocenters. The SMILES string of the molecule is CCc1ccc(C2=NN(C(C)=O)C(c3ccc4nccnc4c3)C2)cc1. The van der Waals surface area contributed by atoms with Crippen LogP contribution < -0.4 is 0 Å². The summed E-state index contributed by atoms with van der Waals surface area (Å²) in [6.45, 7) is 3.69. The van der Waals surface area contributed by atoms with E-state index in [0.29, 0.717) is 6.42 Å². The summed E-state index contributed by atoms with van der Waals surface area (Å²) in [7, 11) is 0. The minimum absolute atomic E-state index is 0.0607. The van der Waals surface area contributed by atoms with E-state index in [1.165, 1.54) is 5.56 Å². The van der Waals surface area contributed by atoms with E-state index in [4.69, 9.17) is 0 Å². The first-order valence-corrected chi connectivity index (χ1v) is 8.83. The number of fused-ring (bicyclic) bond motifs is 1. The lowest BCUT2D eigenvalue weighted by Gasteiger charge is -2.20. The summed E-state index contributed by atoms with van der Waals surface area (Å²) in [6, 6.07) is 14.3. The van der Waals surface area contributed by atoms with Gasteiger partial charge in [-0.15, -0.1) is 0 Å². The average Bonchev–Trinajstić information content (AvgIpc) is 3.13. The van der Waals surface area contributed by atoms with Crippen molar-refractivity contribution in [2.75, 3.05) is 0 Å². The van der Waals surface area contributed by atoms with Gasteiger partial charge in [-0.1, -0.05) is 37.3 Å². The highest BCUT2D eigenvalue weighted by molar-refractivity contribution is 6.03. The summed E-state index contributed by atoms with van der Waals surface area (Å²) in [6.07, 6.45) is 5.06. The van der Waals surface area contributed by atoms with Crippen LogP contribution in [0, 0.1) is 0 Å².